The summed E-state index contributed by atoms with van der Waals surface area (Å²) < 4.78 is 16.0. The van der Waals surface area contributed by atoms with E-state index in [1.807, 2.05) is 0 Å². The maximum atomic E-state index is 13.5. The van der Waals surface area contributed by atoms with Crippen LogP contribution in [0.15, 0.2) is 36.4 Å². The van der Waals surface area contributed by atoms with Gasteiger partial charge in [0.05, 0.1) is 25.6 Å². The Morgan fingerprint density at radius 2 is 1.56 bits per heavy atom. The smallest absolute Gasteiger partial charge is 0.337 e. The van der Waals surface area contributed by atoms with Crippen LogP contribution in [0.1, 0.15) is 103 Å². The molecule has 0 heterocycles. The van der Waals surface area contributed by atoms with Crippen molar-refractivity contribution in [3.8, 4) is 17.6 Å². The fourth-order valence-electron chi connectivity index (χ4n) is 5.33. The molecule has 0 aromatic heterocycles. The standard InChI is InChI=1S/C37H55NO10/c1-5-7-9-12-15-18-29(46-3)19-16-13-10-11-14-17-20-31(37(45,36(43)44)27-33(39)40)34(41)38-32(35(42)47-4)26-28-21-23-30(24-22-28)48-25-8-6-2/h17,20-24,29,31-32,45H,5,7,9-16,18-19,25-27H2,1-4H3,(H,38,41)(H,39,40)(H,43,44)/b20-17+/t29?,31-,32+,37+/m1/s1. The molecule has 0 saturated heterocycles. The highest BCUT2D eigenvalue weighted by atomic mass is 16.5. The minimum Gasteiger partial charge on any atom is -0.481 e. The Balaban J connectivity index is 2.90. The number of ether oxygens (including phenoxy) is 3. The fourth-order valence-corrected chi connectivity index (χ4v) is 5.33. The van der Waals surface area contributed by atoms with Gasteiger partial charge >= 0.3 is 17.9 Å². The number of hydrogen-bond acceptors (Lipinski definition) is 8. The Hall–Kier alpha value is -3.88. The Bertz CT molecular complexity index is 1200. The van der Waals surface area contributed by atoms with Gasteiger partial charge in [-0.05, 0) is 50.3 Å². The summed E-state index contributed by atoms with van der Waals surface area (Å²) in [5.74, 6) is -1.02. The third kappa shape index (κ3) is 16.3. The molecule has 0 bridgehead atoms. The molecule has 268 valence electrons. The molecule has 0 saturated carbocycles. The first-order chi connectivity index (χ1) is 23.0. The molecule has 0 spiro atoms. The van der Waals surface area contributed by atoms with Crippen LogP contribution in [-0.2, 0) is 35.1 Å². The van der Waals surface area contributed by atoms with Crippen molar-refractivity contribution < 1.29 is 48.7 Å². The highest BCUT2D eigenvalue weighted by molar-refractivity contribution is 5.94. The molecule has 0 aliphatic heterocycles. The molecule has 0 aliphatic carbocycles. The quantitative estimate of drug-likeness (QED) is 0.0428. The van der Waals surface area contributed by atoms with Gasteiger partial charge in [-0.2, -0.15) is 0 Å². The zero-order chi connectivity index (χ0) is 35.8. The lowest BCUT2D eigenvalue weighted by Crippen LogP contribution is -2.55. The van der Waals surface area contributed by atoms with E-state index in [-0.39, 0.29) is 19.1 Å². The van der Waals surface area contributed by atoms with Crippen LogP contribution >= 0.6 is 0 Å². The Morgan fingerprint density at radius 1 is 0.938 bits per heavy atom. The van der Waals surface area contributed by atoms with Crippen molar-refractivity contribution in [3.63, 3.8) is 0 Å². The van der Waals surface area contributed by atoms with Crippen LogP contribution in [0, 0.1) is 17.8 Å². The highest BCUT2D eigenvalue weighted by Crippen LogP contribution is 2.26. The van der Waals surface area contributed by atoms with E-state index in [1.165, 1.54) is 38.2 Å². The lowest BCUT2D eigenvalue weighted by molar-refractivity contribution is -0.172. The SMILES string of the molecule is CC#CCOc1ccc(C[C@H](NC(=O)[C@@H](/C=C/CCCCCCC(CCCCCCC)OC)[C@@](O)(CC(=O)O)C(=O)O)C(=O)OC)cc1. The number of hydrogen-bond donors (Lipinski definition) is 4. The number of carbonyl (C=O) groups excluding carboxylic acids is 2. The predicted octanol–water partition coefficient (Wildman–Crippen LogP) is 5.47. The van der Waals surface area contributed by atoms with Crippen LogP contribution in [0.2, 0.25) is 0 Å². The van der Waals surface area contributed by atoms with Crippen LogP contribution in [-0.4, -0.2) is 77.7 Å². The summed E-state index contributed by atoms with van der Waals surface area (Å²) >= 11 is 0. The molecule has 11 nitrogen and oxygen atoms in total. The molecule has 0 radical (unpaired) electrons. The van der Waals surface area contributed by atoms with Crippen molar-refractivity contribution in [1.29, 1.82) is 0 Å². The Morgan fingerprint density at radius 3 is 2.10 bits per heavy atom. The summed E-state index contributed by atoms with van der Waals surface area (Å²) in [5, 5.41) is 32.7. The number of esters is 1. The van der Waals surface area contributed by atoms with Crippen molar-refractivity contribution in [1.82, 2.24) is 5.32 Å². The number of benzene rings is 1. The topological polar surface area (TPSA) is 169 Å². The normalized spacial score (nSPS) is 14.2. The van der Waals surface area contributed by atoms with Crippen LogP contribution in [0.3, 0.4) is 0 Å². The maximum Gasteiger partial charge on any atom is 0.337 e. The summed E-state index contributed by atoms with van der Waals surface area (Å²) in [5.41, 5.74) is -2.33. The number of carboxylic acids is 2. The molecular formula is C37H55NO10. The lowest BCUT2D eigenvalue weighted by atomic mass is 9.82. The minimum atomic E-state index is -2.96. The highest BCUT2D eigenvalue weighted by Gasteiger charge is 2.49. The monoisotopic (exact) mass is 673 g/mol. The van der Waals surface area contributed by atoms with Gasteiger partial charge in [-0.3, -0.25) is 9.59 Å². The lowest BCUT2D eigenvalue weighted by Gasteiger charge is -2.29. The number of unbranched alkanes of at least 4 members (excludes halogenated alkanes) is 8. The second kappa shape index (κ2) is 24.3. The van der Waals surface area contributed by atoms with E-state index >= 15 is 0 Å². The third-order valence-electron chi connectivity index (χ3n) is 8.18. The van der Waals surface area contributed by atoms with Crippen molar-refractivity contribution in [2.75, 3.05) is 20.8 Å². The summed E-state index contributed by atoms with van der Waals surface area (Å²) in [7, 11) is 2.90. The van der Waals surface area contributed by atoms with E-state index in [9.17, 15) is 34.5 Å². The molecular weight excluding hydrogens is 618 g/mol. The summed E-state index contributed by atoms with van der Waals surface area (Å²) in [6.07, 6.45) is 14.1. The number of carbonyl (C=O) groups is 4. The van der Waals surface area contributed by atoms with Gasteiger partial charge in [0.15, 0.2) is 5.60 Å². The van der Waals surface area contributed by atoms with Gasteiger partial charge in [-0.25, -0.2) is 9.59 Å². The number of rotatable bonds is 26. The van der Waals surface area contributed by atoms with Gasteiger partial charge in [-0.15, -0.1) is 5.92 Å². The molecule has 0 aliphatic rings. The number of amides is 1. The average molecular weight is 674 g/mol. The predicted molar refractivity (Wildman–Crippen MR) is 182 cm³/mol. The molecule has 11 heteroatoms. The molecule has 4 atom stereocenters. The largest absolute Gasteiger partial charge is 0.481 e. The number of aliphatic hydroxyl groups is 1. The van der Waals surface area contributed by atoms with Crippen LogP contribution in [0.4, 0.5) is 0 Å². The van der Waals surface area contributed by atoms with Gasteiger partial charge in [-0.1, -0.05) is 88.5 Å². The number of aliphatic carboxylic acids is 2. The van der Waals surface area contributed by atoms with Gasteiger partial charge in [0.2, 0.25) is 5.91 Å². The van der Waals surface area contributed by atoms with Crippen molar-refractivity contribution in [2.45, 2.75) is 121 Å². The van der Waals surface area contributed by atoms with E-state index < -0.39 is 47.8 Å². The molecule has 1 amide bonds. The van der Waals surface area contributed by atoms with Crippen molar-refractivity contribution in [2.24, 2.45) is 5.92 Å². The third-order valence-corrected chi connectivity index (χ3v) is 8.18. The first kappa shape index (κ1) is 42.1. The summed E-state index contributed by atoms with van der Waals surface area (Å²) in [6, 6.07) is 5.49. The molecule has 1 aromatic carbocycles. The number of nitrogens with one attached hydrogen (secondary N) is 1. The summed E-state index contributed by atoms with van der Waals surface area (Å²) in [4.78, 5) is 49.8. The molecule has 4 N–H and O–H groups in total. The minimum absolute atomic E-state index is 0.0168. The number of allylic oxidation sites excluding steroid dienone is 1. The van der Waals surface area contributed by atoms with E-state index in [0.717, 1.165) is 45.6 Å². The van der Waals surface area contributed by atoms with Gasteiger partial charge < -0.3 is 34.8 Å². The second-order valence-electron chi connectivity index (χ2n) is 11.9. The van der Waals surface area contributed by atoms with Gasteiger partial charge in [0.1, 0.15) is 18.4 Å². The molecule has 1 unspecified atom stereocenters. The van der Waals surface area contributed by atoms with Crippen LogP contribution < -0.4 is 10.1 Å². The molecule has 48 heavy (non-hydrogen) atoms. The zero-order valence-corrected chi connectivity index (χ0v) is 29.0. The summed E-state index contributed by atoms with van der Waals surface area (Å²) in [6.45, 7) is 4.11. The van der Waals surface area contributed by atoms with Gasteiger partial charge in [0.25, 0.3) is 0 Å². The number of methoxy groups -OCH3 is 2. The van der Waals surface area contributed by atoms with Crippen molar-refractivity contribution >= 4 is 23.8 Å². The Kier molecular flexibility index (Phi) is 21.3. The van der Waals surface area contributed by atoms with Crippen molar-refractivity contribution in [3.05, 3.63) is 42.0 Å². The van der Waals surface area contributed by atoms with E-state index in [0.29, 0.717) is 17.7 Å². The van der Waals surface area contributed by atoms with Crippen LogP contribution in [0.25, 0.3) is 0 Å². The maximum absolute atomic E-state index is 13.5. The first-order valence-corrected chi connectivity index (χ1v) is 16.9. The molecule has 1 rings (SSSR count). The van der Waals surface area contributed by atoms with E-state index in [4.69, 9.17) is 14.2 Å². The molecule has 0 fully saturated rings. The van der Waals surface area contributed by atoms with Crippen LogP contribution in [0.5, 0.6) is 5.75 Å². The average Bonchev–Trinajstić information content (AvgIpc) is 3.06. The zero-order valence-electron chi connectivity index (χ0n) is 29.0. The van der Waals surface area contributed by atoms with E-state index in [2.05, 4.69) is 24.1 Å². The Labute approximate surface area is 285 Å². The first-order valence-electron chi connectivity index (χ1n) is 16.9. The van der Waals surface area contributed by atoms with E-state index in [1.54, 1.807) is 44.4 Å². The van der Waals surface area contributed by atoms with Gasteiger partial charge in [0, 0.05) is 13.5 Å². The number of carboxylic acid groups (broad SMARTS) is 2. The second-order valence-corrected chi connectivity index (χ2v) is 11.9. The molecule has 1 aromatic rings. The fraction of sp³-hybridized carbons (Fsp3) is 0.622.